The monoisotopic (exact) mass is 547 g/mol. The van der Waals surface area contributed by atoms with E-state index in [0.717, 1.165) is 31.2 Å². The van der Waals surface area contributed by atoms with Gasteiger partial charge in [-0.3, -0.25) is 9.59 Å². The standard InChI is InChI=1S/C28H38ClN3O6/c1-4-37-23-11-10-19(13-20(23)29)21-14-28(38-31-21)15-22(27(35)36)32(16-28)26(34)25(17(2)3)30-24(33)12-18-8-6-5-7-9-18/h10-11,13,17-18,22,25H,4-9,12,14-16H2,1-3H3,(H,30,33)(H,35,36)/t22-,25-,28+/m0/s1. The number of rotatable bonds is 9. The summed E-state index contributed by atoms with van der Waals surface area (Å²) in [5, 5.41) is 17.6. The molecule has 1 aliphatic carbocycles. The Kier molecular flexibility index (Phi) is 8.85. The molecule has 4 rings (SSSR count). The summed E-state index contributed by atoms with van der Waals surface area (Å²) < 4.78 is 5.50. The molecule has 1 aromatic carbocycles. The Morgan fingerprint density at radius 2 is 2.00 bits per heavy atom. The maximum Gasteiger partial charge on any atom is 0.326 e. The summed E-state index contributed by atoms with van der Waals surface area (Å²) in [6, 6.07) is 3.47. The molecule has 1 saturated carbocycles. The predicted molar refractivity (Wildman–Crippen MR) is 143 cm³/mol. The molecule has 0 radical (unpaired) electrons. The van der Waals surface area contributed by atoms with Crippen LogP contribution in [0.2, 0.25) is 5.02 Å². The van der Waals surface area contributed by atoms with E-state index in [9.17, 15) is 19.5 Å². The fourth-order valence-electron chi connectivity index (χ4n) is 5.80. The Labute approximate surface area is 228 Å². The second-order valence-corrected chi connectivity index (χ2v) is 11.5. The molecule has 38 heavy (non-hydrogen) atoms. The largest absolute Gasteiger partial charge is 0.492 e. The number of halogens is 1. The first-order chi connectivity index (χ1) is 18.1. The predicted octanol–water partition coefficient (Wildman–Crippen LogP) is 4.40. The van der Waals surface area contributed by atoms with E-state index in [4.69, 9.17) is 21.2 Å². The van der Waals surface area contributed by atoms with Crippen molar-refractivity contribution in [3.8, 4) is 5.75 Å². The third-order valence-corrected chi connectivity index (χ3v) is 8.12. The van der Waals surface area contributed by atoms with Crippen LogP contribution in [0.1, 0.15) is 77.7 Å². The third-order valence-electron chi connectivity index (χ3n) is 7.82. The van der Waals surface area contributed by atoms with Crippen molar-refractivity contribution in [3.63, 3.8) is 0 Å². The number of carbonyl (C=O) groups is 3. The van der Waals surface area contributed by atoms with Gasteiger partial charge in [0.2, 0.25) is 11.8 Å². The quantitative estimate of drug-likeness (QED) is 0.473. The van der Waals surface area contributed by atoms with Gasteiger partial charge >= 0.3 is 5.97 Å². The number of nitrogens with zero attached hydrogens (tertiary/aromatic N) is 2. The van der Waals surface area contributed by atoms with E-state index in [1.54, 1.807) is 12.1 Å². The molecule has 2 fully saturated rings. The van der Waals surface area contributed by atoms with Gasteiger partial charge in [-0.25, -0.2) is 4.79 Å². The van der Waals surface area contributed by atoms with E-state index >= 15 is 0 Å². The lowest BCUT2D eigenvalue weighted by atomic mass is 9.86. The van der Waals surface area contributed by atoms with Gasteiger partial charge in [-0.05, 0) is 49.8 Å². The van der Waals surface area contributed by atoms with Crippen molar-refractivity contribution in [1.29, 1.82) is 0 Å². The Bertz CT molecular complexity index is 1090. The Balaban J connectivity index is 1.45. The van der Waals surface area contributed by atoms with Crippen LogP contribution in [-0.2, 0) is 19.2 Å². The maximum absolute atomic E-state index is 13.7. The van der Waals surface area contributed by atoms with Crippen molar-refractivity contribution in [1.82, 2.24) is 10.2 Å². The summed E-state index contributed by atoms with van der Waals surface area (Å²) in [5.41, 5.74) is 0.434. The van der Waals surface area contributed by atoms with Crippen molar-refractivity contribution in [2.24, 2.45) is 17.0 Å². The number of amides is 2. The smallest absolute Gasteiger partial charge is 0.326 e. The number of carboxylic acid groups (broad SMARTS) is 1. The number of carbonyl (C=O) groups excluding carboxylic acids is 2. The van der Waals surface area contributed by atoms with Gasteiger partial charge in [-0.2, -0.15) is 0 Å². The minimum Gasteiger partial charge on any atom is -0.492 e. The van der Waals surface area contributed by atoms with E-state index in [2.05, 4.69) is 10.5 Å². The Morgan fingerprint density at radius 1 is 1.26 bits per heavy atom. The summed E-state index contributed by atoms with van der Waals surface area (Å²) in [7, 11) is 0. The molecule has 2 aliphatic heterocycles. The number of hydrogen-bond acceptors (Lipinski definition) is 6. The van der Waals surface area contributed by atoms with Crippen molar-refractivity contribution < 1.29 is 29.1 Å². The number of carboxylic acids is 1. The fraction of sp³-hybridized carbons (Fsp3) is 0.643. The van der Waals surface area contributed by atoms with E-state index in [1.807, 2.05) is 26.8 Å². The lowest BCUT2D eigenvalue weighted by Crippen LogP contribution is -2.54. The van der Waals surface area contributed by atoms with Crippen molar-refractivity contribution in [2.45, 2.75) is 89.8 Å². The molecule has 0 aromatic heterocycles. The molecule has 1 saturated heterocycles. The first kappa shape index (κ1) is 28.2. The van der Waals surface area contributed by atoms with Crippen molar-refractivity contribution in [3.05, 3.63) is 28.8 Å². The SMILES string of the molecule is CCOc1ccc(C2=NO[C@]3(C2)C[C@@H](C(=O)O)N(C(=O)[C@@H](NC(=O)CC2CCCCC2)C(C)C)C3)cc1Cl. The fourth-order valence-corrected chi connectivity index (χ4v) is 6.04. The minimum atomic E-state index is -1.10. The van der Waals surface area contributed by atoms with Crippen LogP contribution in [0.5, 0.6) is 5.75 Å². The van der Waals surface area contributed by atoms with Gasteiger partial charge in [0.1, 0.15) is 17.8 Å². The van der Waals surface area contributed by atoms with E-state index in [0.29, 0.717) is 41.9 Å². The van der Waals surface area contributed by atoms with Gasteiger partial charge in [-0.1, -0.05) is 49.9 Å². The third kappa shape index (κ3) is 6.25. The summed E-state index contributed by atoms with van der Waals surface area (Å²) in [5.74, 6) is -0.950. The molecule has 208 valence electrons. The lowest BCUT2D eigenvalue weighted by Gasteiger charge is -2.30. The summed E-state index contributed by atoms with van der Waals surface area (Å²) >= 11 is 6.35. The lowest BCUT2D eigenvalue weighted by molar-refractivity contribution is -0.150. The molecule has 0 bridgehead atoms. The Morgan fingerprint density at radius 3 is 2.63 bits per heavy atom. The van der Waals surface area contributed by atoms with Gasteiger partial charge in [0.25, 0.3) is 0 Å². The average molecular weight is 548 g/mol. The van der Waals surface area contributed by atoms with Crippen molar-refractivity contribution >= 4 is 35.1 Å². The molecule has 9 nitrogen and oxygen atoms in total. The van der Waals surface area contributed by atoms with Gasteiger partial charge in [0.05, 0.1) is 23.9 Å². The van der Waals surface area contributed by atoms with Crippen LogP contribution in [0.25, 0.3) is 0 Å². The second kappa shape index (κ2) is 11.9. The number of nitrogens with one attached hydrogen (secondary N) is 1. The second-order valence-electron chi connectivity index (χ2n) is 11.1. The molecule has 1 spiro atoms. The van der Waals surface area contributed by atoms with Crippen molar-refractivity contribution in [2.75, 3.05) is 13.2 Å². The highest BCUT2D eigenvalue weighted by molar-refractivity contribution is 6.32. The molecule has 2 heterocycles. The zero-order chi connectivity index (χ0) is 27.4. The minimum absolute atomic E-state index is 0.0717. The van der Waals surface area contributed by atoms with Crippen LogP contribution in [0.4, 0.5) is 0 Å². The highest BCUT2D eigenvalue weighted by Gasteiger charge is 2.55. The highest BCUT2D eigenvalue weighted by Crippen LogP contribution is 2.40. The molecular formula is C28H38ClN3O6. The van der Waals surface area contributed by atoms with Crippen LogP contribution in [0.15, 0.2) is 23.4 Å². The molecular weight excluding hydrogens is 510 g/mol. The number of likely N-dealkylation sites (tertiary alicyclic amines) is 1. The Hall–Kier alpha value is -2.81. The van der Waals surface area contributed by atoms with Crippen LogP contribution in [0, 0.1) is 11.8 Å². The van der Waals surface area contributed by atoms with Crippen LogP contribution in [0.3, 0.4) is 0 Å². The number of benzene rings is 1. The van der Waals surface area contributed by atoms with Crippen LogP contribution >= 0.6 is 11.6 Å². The molecule has 2 N–H and O–H groups in total. The van der Waals surface area contributed by atoms with Crippen LogP contribution < -0.4 is 10.1 Å². The number of hydrogen-bond donors (Lipinski definition) is 2. The first-order valence-corrected chi connectivity index (χ1v) is 14.0. The molecule has 10 heteroatoms. The molecule has 2 amide bonds. The van der Waals surface area contributed by atoms with E-state index in [1.165, 1.54) is 11.3 Å². The average Bonchev–Trinajstić information content (AvgIpc) is 3.48. The first-order valence-electron chi connectivity index (χ1n) is 13.6. The highest BCUT2D eigenvalue weighted by atomic mass is 35.5. The maximum atomic E-state index is 13.7. The molecule has 1 aromatic rings. The summed E-state index contributed by atoms with van der Waals surface area (Å²) in [6.07, 6.45) is 6.37. The number of aliphatic carboxylic acids is 1. The molecule has 3 atom stereocenters. The number of oxime groups is 1. The van der Waals surface area contributed by atoms with Crippen LogP contribution in [-0.4, -0.2) is 64.3 Å². The normalized spacial score (nSPS) is 24.3. The van der Waals surface area contributed by atoms with E-state index < -0.39 is 29.6 Å². The zero-order valence-electron chi connectivity index (χ0n) is 22.4. The van der Waals surface area contributed by atoms with Gasteiger partial charge in [0.15, 0.2) is 5.60 Å². The van der Waals surface area contributed by atoms with Gasteiger partial charge in [-0.15, -0.1) is 0 Å². The van der Waals surface area contributed by atoms with Gasteiger partial charge < -0.3 is 24.9 Å². The summed E-state index contributed by atoms with van der Waals surface area (Å²) in [6.45, 7) is 6.15. The van der Waals surface area contributed by atoms with E-state index in [-0.39, 0.29) is 24.8 Å². The topological polar surface area (TPSA) is 118 Å². The number of ether oxygens (including phenoxy) is 1. The summed E-state index contributed by atoms with van der Waals surface area (Å²) in [4.78, 5) is 45.9. The molecule has 0 unspecified atom stereocenters. The zero-order valence-corrected chi connectivity index (χ0v) is 23.1. The van der Waals surface area contributed by atoms with Gasteiger partial charge in [0, 0.05) is 24.8 Å². The molecule has 3 aliphatic rings.